The highest BCUT2D eigenvalue weighted by molar-refractivity contribution is 5.91. The van der Waals surface area contributed by atoms with E-state index in [-0.39, 0.29) is 17.9 Å². The van der Waals surface area contributed by atoms with E-state index in [0.29, 0.717) is 42.7 Å². The fourth-order valence-corrected chi connectivity index (χ4v) is 2.77. The number of fused-ring (bicyclic) bond motifs is 1. The number of amides is 2. The van der Waals surface area contributed by atoms with Gasteiger partial charge in [-0.25, -0.2) is 9.42 Å². The number of esters is 1. The van der Waals surface area contributed by atoms with Crippen molar-refractivity contribution in [2.24, 2.45) is 5.92 Å². The molecule has 3 rings (SSSR count). The average molecular weight is 346 g/mol. The third kappa shape index (κ3) is 4.26. The number of carbonyl (C=O) groups excluding carboxylic acids is 2. The van der Waals surface area contributed by atoms with Gasteiger partial charge in [0.2, 0.25) is 0 Å². The van der Waals surface area contributed by atoms with Gasteiger partial charge in [0, 0.05) is 18.8 Å². The Balaban J connectivity index is 1.53. The number of piperidine rings is 1. The highest BCUT2D eigenvalue weighted by Gasteiger charge is 2.30. The monoisotopic (exact) mass is 346 g/mol. The molecule has 134 valence electrons. The molecule has 1 fully saturated rings. The lowest BCUT2D eigenvalue weighted by Gasteiger charge is -2.32. The molecule has 2 amide bonds. The second kappa shape index (κ2) is 6.70. The first-order valence-corrected chi connectivity index (χ1v) is 8.33. The Bertz CT molecular complexity index is 772. The van der Waals surface area contributed by atoms with E-state index in [1.807, 2.05) is 20.8 Å². The number of carbonyl (C=O) groups is 2. The Morgan fingerprint density at radius 3 is 2.56 bits per heavy atom. The zero-order valence-corrected chi connectivity index (χ0v) is 14.6. The predicted octanol–water partition coefficient (Wildman–Crippen LogP) is 2.81. The van der Waals surface area contributed by atoms with Gasteiger partial charge in [-0.05, 0) is 62.1 Å². The fraction of sp³-hybridized carbons (Fsp3) is 0.529. The number of hydrogen-bond acceptors (Lipinski definition) is 6. The molecule has 25 heavy (non-hydrogen) atoms. The minimum Gasteiger partial charge on any atom is -0.460 e. The lowest BCUT2D eigenvalue weighted by molar-refractivity contribution is -0.161. The van der Waals surface area contributed by atoms with Gasteiger partial charge in [0.25, 0.3) is 0 Å². The number of hydrogen-bond donors (Lipinski definition) is 1. The molecule has 0 unspecified atom stereocenters. The standard InChI is InChI=1S/C17H22N4O4/c1-17(2,3)24-15(22)11-6-8-21(9-7-11)16(23)18-12-4-5-13-14(10-12)20-25-19-13/h4-5,10-11H,6-9H2,1-3H3,(H,18,23). The van der Waals surface area contributed by atoms with Crippen LogP contribution < -0.4 is 5.32 Å². The number of nitrogens with one attached hydrogen (secondary N) is 1. The summed E-state index contributed by atoms with van der Waals surface area (Å²) < 4.78 is 10.1. The lowest BCUT2D eigenvalue weighted by atomic mass is 9.97. The number of nitrogens with zero attached hydrogens (tertiary/aromatic N) is 3. The number of urea groups is 1. The number of rotatable bonds is 2. The maximum absolute atomic E-state index is 12.4. The Hall–Kier alpha value is -2.64. The smallest absolute Gasteiger partial charge is 0.321 e. The van der Waals surface area contributed by atoms with Gasteiger partial charge in [0.15, 0.2) is 0 Å². The molecule has 1 aromatic heterocycles. The second-order valence-corrected chi connectivity index (χ2v) is 7.19. The summed E-state index contributed by atoms with van der Waals surface area (Å²) in [6.07, 6.45) is 1.21. The Morgan fingerprint density at radius 2 is 1.88 bits per heavy atom. The molecule has 1 N–H and O–H groups in total. The Labute approximate surface area is 145 Å². The summed E-state index contributed by atoms with van der Waals surface area (Å²) in [4.78, 5) is 26.2. The first kappa shape index (κ1) is 17.2. The van der Waals surface area contributed by atoms with Crippen LogP contribution in [-0.2, 0) is 9.53 Å². The normalized spacial score (nSPS) is 16.0. The quantitative estimate of drug-likeness (QED) is 0.840. The van der Waals surface area contributed by atoms with Gasteiger partial charge in [-0.2, -0.15) is 0 Å². The van der Waals surface area contributed by atoms with Crippen LogP contribution in [0, 0.1) is 5.92 Å². The van der Waals surface area contributed by atoms with E-state index in [9.17, 15) is 9.59 Å². The maximum atomic E-state index is 12.4. The van der Waals surface area contributed by atoms with E-state index >= 15 is 0 Å². The molecular formula is C17H22N4O4. The third-order valence-electron chi connectivity index (χ3n) is 4.03. The van der Waals surface area contributed by atoms with Crippen LogP contribution in [-0.4, -0.2) is 45.9 Å². The highest BCUT2D eigenvalue weighted by Crippen LogP contribution is 2.22. The van der Waals surface area contributed by atoms with Crippen molar-refractivity contribution < 1.29 is 19.0 Å². The third-order valence-corrected chi connectivity index (χ3v) is 4.03. The van der Waals surface area contributed by atoms with Crippen molar-refractivity contribution in [3.63, 3.8) is 0 Å². The van der Waals surface area contributed by atoms with Gasteiger partial charge in [-0.3, -0.25) is 4.79 Å². The van der Waals surface area contributed by atoms with E-state index in [4.69, 9.17) is 4.74 Å². The number of likely N-dealkylation sites (tertiary alicyclic amines) is 1. The minimum absolute atomic E-state index is 0.152. The molecule has 1 aliphatic heterocycles. The van der Waals surface area contributed by atoms with E-state index in [0.717, 1.165) is 0 Å². The minimum atomic E-state index is -0.486. The molecule has 0 aliphatic carbocycles. The summed E-state index contributed by atoms with van der Waals surface area (Å²) in [7, 11) is 0. The van der Waals surface area contributed by atoms with Gasteiger partial charge >= 0.3 is 12.0 Å². The largest absolute Gasteiger partial charge is 0.460 e. The second-order valence-electron chi connectivity index (χ2n) is 7.19. The molecule has 1 aliphatic rings. The van der Waals surface area contributed by atoms with Crippen LogP contribution in [0.2, 0.25) is 0 Å². The van der Waals surface area contributed by atoms with Gasteiger partial charge < -0.3 is 15.0 Å². The van der Waals surface area contributed by atoms with Gasteiger partial charge in [0.1, 0.15) is 16.6 Å². The molecular weight excluding hydrogens is 324 g/mol. The van der Waals surface area contributed by atoms with Crippen LogP contribution in [0.1, 0.15) is 33.6 Å². The Kier molecular flexibility index (Phi) is 4.61. The predicted molar refractivity (Wildman–Crippen MR) is 91.0 cm³/mol. The van der Waals surface area contributed by atoms with Crippen LogP contribution in [0.15, 0.2) is 22.8 Å². The van der Waals surface area contributed by atoms with Crippen molar-refractivity contribution in [3.05, 3.63) is 18.2 Å². The van der Waals surface area contributed by atoms with Crippen LogP contribution >= 0.6 is 0 Å². The van der Waals surface area contributed by atoms with Crippen molar-refractivity contribution >= 4 is 28.7 Å². The molecule has 8 nitrogen and oxygen atoms in total. The molecule has 1 aromatic carbocycles. The molecule has 0 atom stereocenters. The Morgan fingerprint density at radius 1 is 1.20 bits per heavy atom. The van der Waals surface area contributed by atoms with Crippen molar-refractivity contribution in [3.8, 4) is 0 Å². The van der Waals surface area contributed by atoms with Crippen molar-refractivity contribution in [2.45, 2.75) is 39.2 Å². The summed E-state index contributed by atoms with van der Waals surface area (Å²) in [5, 5.41) is 10.3. The molecule has 0 bridgehead atoms. The number of aromatic nitrogens is 2. The van der Waals surface area contributed by atoms with E-state index in [1.165, 1.54) is 0 Å². The molecule has 8 heteroatoms. The zero-order chi connectivity index (χ0) is 18.0. The summed E-state index contributed by atoms with van der Waals surface area (Å²) in [5.74, 6) is -0.336. The average Bonchev–Trinajstić information content (AvgIpc) is 3.01. The number of benzene rings is 1. The lowest BCUT2D eigenvalue weighted by Crippen LogP contribution is -2.43. The first-order valence-electron chi connectivity index (χ1n) is 8.33. The van der Waals surface area contributed by atoms with Gasteiger partial charge in [-0.1, -0.05) is 0 Å². The van der Waals surface area contributed by atoms with Crippen molar-refractivity contribution in [2.75, 3.05) is 18.4 Å². The van der Waals surface area contributed by atoms with Crippen LogP contribution in [0.5, 0.6) is 0 Å². The topological polar surface area (TPSA) is 97.6 Å². The number of anilines is 1. The molecule has 0 saturated carbocycles. The summed E-state index contributed by atoms with van der Waals surface area (Å²) in [5.41, 5.74) is 1.36. The zero-order valence-electron chi connectivity index (χ0n) is 14.6. The van der Waals surface area contributed by atoms with Crippen LogP contribution in [0.4, 0.5) is 10.5 Å². The van der Waals surface area contributed by atoms with E-state index in [2.05, 4.69) is 20.3 Å². The summed E-state index contributed by atoms with van der Waals surface area (Å²) in [6, 6.07) is 4.99. The van der Waals surface area contributed by atoms with Gasteiger partial charge in [0.05, 0.1) is 5.92 Å². The van der Waals surface area contributed by atoms with E-state index < -0.39 is 5.60 Å². The van der Waals surface area contributed by atoms with Crippen molar-refractivity contribution in [1.82, 2.24) is 15.2 Å². The van der Waals surface area contributed by atoms with Crippen LogP contribution in [0.3, 0.4) is 0 Å². The highest BCUT2D eigenvalue weighted by atomic mass is 16.6. The molecule has 0 radical (unpaired) electrons. The summed E-state index contributed by atoms with van der Waals surface area (Å²) in [6.45, 7) is 6.60. The van der Waals surface area contributed by atoms with Crippen LogP contribution in [0.25, 0.3) is 11.0 Å². The molecule has 2 aromatic rings. The van der Waals surface area contributed by atoms with Gasteiger partial charge in [-0.15, -0.1) is 0 Å². The first-order chi connectivity index (χ1) is 11.8. The molecule has 2 heterocycles. The SMILES string of the molecule is CC(C)(C)OC(=O)C1CCN(C(=O)Nc2ccc3nonc3c2)CC1. The fourth-order valence-electron chi connectivity index (χ4n) is 2.77. The number of ether oxygens (including phenoxy) is 1. The van der Waals surface area contributed by atoms with E-state index in [1.54, 1.807) is 23.1 Å². The summed E-state index contributed by atoms with van der Waals surface area (Å²) >= 11 is 0. The molecule has 1 saturated heterocycles. The van der Waals surface area contributed by atoms with Crippen molar-refractivity contribution in [1.29, 1.82) is 0 Å². The molecule has 0 spiro atoms. The maximum Gasteiger partial charge on any atom is 0.321 e.